The maximum absolute atomic E-state index is 12.7. The molecular weight excluding hydrogens is 376 g/mol. The highest BCUT2D eigenvalue weighted by Crippen LogP contribution is 2.45. The van der Waals surface area contributed by atoms with Gasteiger partial charge in [-0.3, -0.25) is 9.78 Å². The number of rotatable bonds is 4. The van der Waals surface area contributed by atoms with E-state index in [4.69, 9.17) is 0 Å². The van der Waals surface area contributed by atoms with Crippen LogP contribution in [-0.4, -0.2) is 30.8 Å². The van der Waals surface area contributed by atoms with Crippen molar-refractivity contribution in [1.29, 1.82) is 0 Å². The molecule has 1 fully saturated rings. The maximum Gasteiger partial charge on any atom is 0.257 e. The van der Waals surface area contributed by atoms with Gasteiger partial charge in [0.1, 0.15) is 12.0 Å². The Labute approximate surface area is 171 Å². The Balaban J connectivity index is 1.40. The minimum Gasteiger partial charge on any atom is -0.360 e. The third-order valence-electron chi connectivity index (χ3n) is 5.64. The number of amides is 1. The number of carbonyl (C=O) groups excluding carboxylic acids is 1. The van der Waals surface area contributed by atoms with Crippen LogP contribution in [0.25, 0.3) is 33.2 Å². The molecule has 0 unspecified atom stereocenters. The molecule has 0 bridgehead atoms. The number of nitrogens with zero attached hydrogens (tertiary/aromatic N) is 3. The fourth-order valence-corrected chi connectivity index (χ4v) is 4.02. The van der Waals surface area contributed by atoms with Gasteiger partial charge in [0, 0.05) is 40.4 Å². The van der Waals surface area contributed by atoms with Crippen LogP contribution in [0.4, 0.5) is 5.69 Å². The topological polar surface area (TPSA) is 99.3 Å². The lowest BCUT2D eigenvalue weighted by Gasteiger charge is -2.06. The summed E-state index contributed by atoms with van der Waals surface area (Å²) in [5.41, 5.74) is 6.22. The summed E-state index contributed by atoms with van der Waals surface area (Å²) in [5, 5.41) is 4.84. The highest BCUT2D eigenvalue weighted by Gasteiger charge is 2.28. The van der Waals surface area contributed by atoms with E-state index in [1.54, 1.807) is 31.0 Å². The molecule has 0 atom stereocenters. The molecule has 1 aromatic carbocycles. The summed E-state index contributed by atoms with van der Waals surface area (Å²) in [4.78, 5) is 32.3. The Morgan fingerprint density at radius 3 is 2.87 bits per heavy atom. The summed E-state index contributed by atoms with van der Waals surface area (Å²) in [6.45, 7) is 0. The fourth-order valence-electron chi connectivity index (χ4n) is 4.02. The highest BCUT2D eigenvalue weighted by atomic mass is 16.1. The molecule has 1 amide bonds. The molecule has 0 radical (unpaired) electrons. The number of benzene rings is 1. The van der Waals surface area contributed by atoms with E-state index in [1.807, 2.05) is 24.3 Å². The van der Waals surface area contributed by atoms with Crippen LogP contribution in [0.2, 0.25) is 0 Å². The Morgan fingerprint density at radius 1 is 1.10 bits per heavy atom. The third-order valence-corrected chi connectivity index (χ3v) is 5.64. The van der Waals surface area contributed by atoms with E-state index >= 15 is 0 Å². The predicted octanol–water partition coefficient (Wildman–Crippen LogP) is 4.63. The molecule has 7 nitrogen and oxygen atoms in total. The minimum atomic E-state index is -0.173. The quantitative estimate of drug-likeness (QED) is 0.414. The third kappa shape index (κ3) is 2.75. The van der Waals surface area contributed by atoms with Crippen LogP contribution >= 0.6 is 0 Å². The van der Waals surface area contributed by atoms with E-state index in [0.29, 0.717) is 17.2 Å². The van der Waals surface area contributed by atoms with E-state index in [0.717, 1.165) is 33.2 Å². The van der Waals surface area contributed by atoms with Gasteiger partial charge < -0.3 is 15.3 Å². The minimum absolute atomic E-state index is 0.173. The Hall–Kier alpha value is -4.00. The first-order valence-electron chi connectivity index (χ1n) is 9.93. The average Bonchev–Trinajstić information content (AvgIpc) is 3.38. The number of hydrogen-bond acceptors (Lipinski definition) is 4. The van der Waals surface area contributed by atoms with Crippen molar-refractivity contribution in [2.45, 2.75) is 18.8 Å². The molecule has 30 heavy (non-hydrogen) atoms. The Bertz CT molecular complexity index is 1400. The summed E-state index contributed by atoms with van der Waals surface area (Å²) in [6.07, 6.45) is 11.1. The molecule has 5 aromatic rings. The van der Waals surface area contributed by atoms with Crippen LogP contribution in [0.1, 0.15) is 34.7 Å². The molecule has 4 aromatic heterocycles. The molecule has 6 rings (SSSR count). The number of aromatic nitrogens is 5. The summed E-state index contributed by atoms with van der Waals surface area (Å²) in [5.74, 6) is 0.425. The van der Waals surface area contributed by atoms with E-state index in [-0.39, 0.29) is 5.91 Å². The summed E-state index contributed by atoms with van der Waals surface area (Å²) in [7, 11) is 0. The molecule has 7 heteroatoms. The first-order valence-corrected chi connectivity index (χ1v) is 9.93. The van der Waals surface area contributed by atoms with Crippen molar-refractivity contribution >= 4 is 33.5 Å². The lowest BCUT2D eigenvalue weighted by molar-refractivity contribution is 0.102. The number of anilines is 1. The molecule has 4 heterocycles. The second-order valence-electron chi connectivity index (χ2n) is 7.62. The van der Waals surface area contributed by atoms with Crippen molar-refractivity contribution in [2.75, 3.05) is 5.32 Å². The van der Waals surface area contributed by atoms with Crippen molar-refractivity contribution < 1.29 is 4.79 Å². The van der Waals surface area contributed by atoms with Gasteiger partial charge in [-0.05, 0) is 42.5 Å². The summed E-state index contributed by atoms with van der Waals surface area (Å²) >= 11 is 0. The van der Waals surface area contributed by atoms with Crippen LogP contribution in [0, 0.1) is 0 Å². The zero-order valence-corrected chi connectivity index (χ0v) is 16.0. The monoisotopic (exact) mass is 394 g/mol. The van der Waals surface area contributed by atoms with Crippen molar-refractivity contribution in [2.24, 2.45) is 0 Å². The molecule has 1 aliphatic rings. The number of pyridine rings is 1. The molecule has 146 valence electrons. The van der Waals surface area contributed by atoms with Gasteiger partial charge in [0.2, 0.25) is 0 Å². The normalized spacial score (nSPS) is 13.7. The summed E-state index contributed by atoms with van der Waals surface area (Å²) in [6, 6.07) is 9.63. The predicted molar refractivity (Wildman–Crippen MR) is 115 cm³/mol. The van der Waals surface area contributed by atoms with Crippen molar-refractivity contribution in [1.82, 2.24) is 24.9 Å². The lowest BCUT2D eigenvalue weighted by atomic mass is 10.0. The number of nitrogens with one attached hydrogen (secondary N) is 3. The summed E-state index contributed by atoms with van der Waals surface area (Å²) < 4.78 is 0. The van der Waals surface area contributed by atoms with Crippen molar-refractivity contribution in [3.05, 3.63) is 72.6 Å². The molecule has 0 aliphatic heterocycles. The van der Waals surface area contributed by atoms with Crippen molar-refractivity contribution in [3.8, 4) is 11.3 Å². The second-order valence-corrected chi connectivity index (χ2v) is 7.62. The number of aromatic amines is 2. The van der Waals surface area contributed by atoms with Crippen LogP contribution < -0.4 is 5.32 Å². The number of carbonyl (C=O) groups is 1. The Kier molecular flexibility index (Phi) is 3.67. The van der Waals surface area contributed by atoms with Gasteiger partial charge in [-0.25, -0.2) is 9.97 Å². The molecule has 0 saturated heterocycles. The van der Waals surface area contributed by atoms with Crippen LogP contribution in [0.3, 0.4) is 0 Å². The smallest absolute Gasteiger partial charge is 0.257 e. The van der Waals surface area contributed by atoms with Gasteiger partial charge in [-0.1, -0.05) is 12.1 Å². The number of hydrogen-bond donors (Lipinski definition) is 3. The van der Waals surface area contributed by atoms with Gasteiger partial charge in [0.05, 0.1) is 23.1 Å². The van der Waals surface area contributed by atoms with Crippen molar-refractivity contribution in [3.63, 3.8) is 0 Å². The molecule has 3 N–H and O–H groups in total. The van der Waals surface area contributed by atoms with Gasteiger partial charge in [-0.15, -0.1) is 0 Å². The Morgan fingerprint density at radius 2 is 2.03 bits per heavy atom. The first-order chi connectivity index (χ1) is 14.8. The average molecular weight is 394 g/mol. The second kappa shape index (κ2) is 6.52. The molecular formula is C23H18N6O. The first kappa shape index (κ1) is 16.9. The van der Waals surface area contributed by atoms with E-state index in [9.17, 15) is 4.79 Å². The van der Waals surface area contributed by atoms with E-state index < -0.39 is 0 Å². The van der Waals surface area contributed by atoms with Gasteiger partial charge in [0.15, 0.2) is 0 Å². The SMILES string of the molecule is O=C(Nc1cccnc1)c1c[nH]c2cc(-c3ncnc4[nH]cc(C5CC5)c34)ccc12. The van der Waals surface area contributed by atoms with Crippen LogP contribution in [-0.2, 0) is 0 Å². The van der Waals surface area contributed by atoms with E-state index in [1.165, 1.54) is 18.4 Å². The van der Waals surface area contributed by atoms with Gasteiger partial charge in [0.25, 0.3) is 5.91 Å². The van der Waals surface area contributed by atoms with Crippen LogP contribution in [0.15, 0.2) is 61.4 Å². The standard InChI is InChI=1S/C23H18N6O/c30-23(29-15-2-1-7-24-9-15)18-11-25-19-8-14(5-6-16(18)19)21-20-17(13-3-4-13)10-26-22(20)28-12-27-21/h1-2,5-13,25H,3-4H2,(H,29,30)(H,26,27,28). The molecule has 1 saturated carbocycles. The van der Waals surface area contributed by atoms with Crippen LogP contribution in [0.5, 0.6) is 0 Å². The van der Waals surface area contributed by atoms with Gasteiger partial charge in [-0.2, -0.15) is 0 Å². The lowest BCUT2D eigenvalue weighted by Crippen LogP contribution is -2.11. The number of H-pyrrole nitrogens is 2. The zero-order chi connectivity index (χ0) is 20.1. The zero-order valence-electron chi connectivity index (χ0n) is 16.0. The maximum atomic E-state index is 12.7. The van der Waals surface area contributed by atoms with Gasteiger partial charge >= 0.3 is 0 Å². The fraction of sp³-hybridized carbons (Fsp3) is 0.130. The highest BCUT2D eigenvalue weighted by molar-refractivity contribution is 6.13. The molecule has 0 spiro atoms. The number of fused-ring (bicyclic) bond motifs is 2. The largest absolute Gasteiger partial charge is 0.360 e. The van der Waals surface area contributed by atoms with E-state index in [2.05, 4.69) is 36.4 Å². The molecule has 1 aliphatic carbocycles.